The van der Waals surface area contributed by atoms with Gasteiger partial charge in [0.1, 0.15) is 18.1 Å². The summed E-state index contributed by atoms with van der Waals surface area (Å²) >= 11 is 0. The molecule has 0 saturated heterocycles. The van der Waals surface area contributed by atoms with Gasteiger partial charge in [-0.05, 0) is 83.7 Å². The third-order valence-electron chi connectivity index (χ3n) is 15.5. The van der Waals surface area contributed by atoms with E-state index in [1.165, 1.54) is 103 Å². The molecule has 0 aliphatic heterocycles. The summed E-state index contributed by atoms with van der Waals surface area (Å²) in [7, 11) is 0. The number of unbranched alkanes of at least 4 members (excludes halogenated alkanes) is 34. The van der Waals surface area contributed by atoms with E-state index < -0.39 is 72.1 Å². The number of amides is 4. The summed E-state index contributed by atoms with van der Waals surface area (Å²) in [6.07, 6.45) is 38.9. The van der Waals surface area contributed by atoms with E-state index in [0.717, 1.165) is 113 Å². The second-order valence-electron chi connectivity index (χ2n) is 22.9. The molecule has 0 aliphatic carbocycles. The number of hydrogen-bond acceptors (Lipinski definition) is 13. The fourth-order valence-electron chi connectivity index (χ4n) is 10.3. The van der Waals surface area contributed by atoms with E-state index in [9.17, 15) is 38.4 Å². The minimum Gasteiger partial charge on any atom is -1.00 e. The summed E-state index contributed by atoms with van der Waals surface area (Å²) in [4.78, 5) is 113. The minimum absolute atomic E-state index is 0. The molecular weight excluding hydrogens is 1060 g/mol. The fourth-order valence-corrected chi connectivity index (χ4v) is 10.3. The molecular formula is C65H123N5Na2O10. The Hall–Kier alpha value is -1.56. The van der Waals surface area contributed by atoms with Crippen LogP contribution in [0.1, 0.15) is 339 Å². The molecule has 0 rings (SSSR count). The first-order chi connectivity index (χ1) is 38.8. The van der Waals surface area contributed by atoms with Crippen molar-refractivity contribution in [3.63, 3.8) is 0 Å². The van der Waals surface area contributed by atoms with E-state index in [0.29, 0.717) is 64.5 Å². The topological polar surface area (TPSA) is 240 Å². The van der Waals surface area contributed by atoms with Crippen molar-refractivity contribution in [2.24, 2.45) is 17.2 Å². The van der Waals surface area contributed by atoms with E-state index in [1.807, 2.05) is 0 Å². The summed E-state index contributed by atoms with van der Waals surface area (Å²) in [5, 5.41) is 0. The molecule has 4 amide bonds. The Kier molecular flexibility index (Phi) is 63.1. The van der Waals surface area contributed by atoms with E-state index >= 15 is 0 Å². The van der Waals surface area contributed by atoms with Crippen LogP contribution in [0.2, 0.25) is 0 Å². The SMILES string of the molecule is CCCCCCCCCCCC(=O)N(C(=O)CCCCCCCCCCC)[C@@H](CCCCN)C(=O)OC(=O)CC[C@H](N)C(=O)OC(=O)[C@H](CCCCN)N(C(=O)CCCCCCCCCCC)C(=O)CCCCCCCCCCC.[H-].[H-].[Na+].[Na+]. The molecule has 0 spiro atoms. The van der Waals surface area contributed by atoms with Crippen molar-refractivity contribution in [2.45, 2.75) is 354 Å². The van der Waals surface area contributed by atoms with E-state index in [1.54, 1.807) is 0 Å². The number of esters is 4. The molecule has 15 nitrogen and oxygen atoms in total. The number of rotatable bonds is 56. The molecule has 6 N–H and O–H groups in total. The van der Waals surface area contributed by atoms with Gasteiger partial charge in [-0.3, -0.25) is 33.8 Å². The number of imide groups is 2. The molecule has 0 bridgehead atoms. The third-order valence-corrected chi connectivity index (χ3v) is 15.5. The van der Waals surface area contributed by atoms with Crippen molar-refractivity contribution in [2.75, 3.05) is 13.1 Å². The zero-order chi connectivity index (χ0) is 59.3. The van der Waals surface area contributed by atoms with Gasteiger partial charge in [-0.15, -0.1) is 0 Å². The summed E-state index contributed by atoms with van der Waals surface area (Å²) in [5.74, 6) is -6.22. The van der Waals surface area contributed by atoms with Crippen LogP contribution >= 0.6 is 0 Å². The van der Waals surface area contributed by atoms with Crippen LogP contribution in [0.3, 0.4) is 0 Å². The van der Waals surface area contributed by atoms with Gasteiger partial charge in [-0.1, -0.05) is 233 Å². The van der Waals surface area contributed by atoms with Crippen molar-refractivity contribution in [3.05, 3.63) is 0 Å². The van der Waals surface area contributed by atoms with Gasteiger partial charge in [0.05, 0.1) is 0 Å². The number of hydrogen-bond donors (Lipinski definition) is 3. The van der Waals surface area contributed by atoms with E-state index in [4.69, 9.17) is 26.7 Å². The van der Waals surface area contributed by atoms with Gasteiger partial charge < -0.3 is 29.5 Å². The van der Waals surface area contributed by atoms with Crippen molar-refractivity contribution < 1.29 is 110 Å². The second-order valence-corrected chi connectivity index (χ2v) is 22.9. The molecule has 0 heterocycles. The second kappa shape index (κ2) is 61.1. The van der Waals surface area contributed by atoms with Gasteiger partial charge >= 0.3 is 83.0 Å². The Balaban J connectivity index is -0.00000520. The normalized spacial score (nSPS) is 12.1. The molecule has 82 heavy (non-hydrogen) atoms. The van der Waals surface area contributed by atoms with Crippen molar-refractivity contribution in [1.82, 2.24) is 9.80 Å². The van der Waals surface area contributed by atoms with Crippen LogP contribution < -0.4 is 76.3 Å². The van der Waals surface area contributed by atoms with Gasteiger partial charge in [0.2, 0.25) is 23.6 Å². The first kappa shape index (κ1) is 84.6. The molecule has 3 atom stereocenters. The molecule has 0 aromatic heterocycles. The van der Waals surface area contributed by atoms with Crippen LogP contribution in [0, 0.1) is 0 Å². The summed E-state index contributed by atoms with van der Waals surface area (Å²) < 4.78 is 10.7. The summed E-state index contributed by atoms with van der Waals surface area (Å²) in [6, 6.07) is -4.23. The molecule has 0 aromatic rings. The Morgan fingerprint density at radius 1 is 0.317 bits per heavy atom. The smallest absolute Gasteiger partial charge is 1.00 e. The summed E-state index contributed by atoms with van der Waals surface area (Å²) in [5.41, 5.74) is 17.9. The van der Waals surface area contributed by atoms with Crippen LogP contribution in [0.25, 0.3) is 0 Å². The molecule has 0 fully saturated rings. The standard InChI is InChI=1S/C65H121N5O10.2Na.2H/c1-5-9-13-17-21-25-29-33-37-47-58(71)69(59(72)48-38-34-30-26-22-18-14-10-6-2)56(45-41-43-53-66)64(77)79-62(75)52-51-55(68)63(76)80-65(78)57(46-42-44-54-67)70(60(73)49-39-35-31-27-23-19-15-11-7-3)61(74)50-40-36-32-28-24-20-16-12-8-4;;;;/h55-57H,5-54,66-68H2,1-4H3;;;;/q;2*+1;2*-1/t55-,56-,57-;;;;/m0..../s1. The molecule has 0 aliphatic rings. The molecule has 470 valence electrons. The average molecular weight is 1180 g/mol. The number of nitrogens with two attached hydrogens (primary N) is 3. The zero-order valence-corrected chi connectivity index (χ0v) is 57.8. The molecule has 17 heteroatoms. The first-order valence-corrected chi connectivity index (χ1v) is 33.2. The Morgan fingerprint density at radius 3 is 0.817 bits per heavy atom. The van der Waals surface area contributed by atoms with Crippen LogP contribution in [-0.2, 0) is 47.8 Å². The molecule has 0 aromatic carbocycles. The fraction of sp³-hybridized carbons (Fsp3) is 0.877. The maximum atomic E-state index is 14.0. The average Bonchev–Trinajstić information content (AvgIpc) is 3.44. The third kappa shape index (κ3) is 45.7. The number of ether oxygens (including phenoxy) is 2. The number of carbonyl (C=O) groups is 8. The van der Waals surface area contributed by atoms with Crippen LogP contribution in [0.4, 0.5) is 0 Å². The van der Waals surface area contributed by atoms with Crippen molar-refractivity contribution >= 4 is 47.5 Å². The maximum Gasteiger partial charge on any atom is 1.00 e. The molecule has 0 unspecified atom stereocenters. The van der Waals surface area contributed by atoms with Gasteiger partial charge in [-0.2, -0.15) is 0 Å². The Labute approximate surface area is 547 Å². The Bertz CT molecular complexity index is 1570. The zero-order valence-electron chi connectivity index (χ0n) is 55.8. The molecule has 0 radical (unpaired) electrons. The predicted molar refractivity (Wildman–Crippen MR) is 326 cm³/mol. The first-order valence-electron chi connectivity index (χ1n) is 33.2. The van der Waals surface area contributed by atoms with Crippen molar-refractivity contribution in [1.29, 1.82) is 0 Å². The summed E-state index contributed by atoms with van der Waals surface area (Å²) in [6.45, 7) is 9.41. The minimum atomic E-state index is -1.51. The quantitative estimate of drug-likeness (QED) is 0.0223. The van der Waals surface area contributed by atoms with E-state index in [2.05, 4.69) is 27.7 Å². The van der Waals surface area contributed by atoms with Gasteiger partial charge in [0.25, 0.3) is 0 Å². The van der Waals surface area contributed by atoms with Crippen molar-refractivity contribution in [3.8, 4) is 0 Å². The van der Waals surface area contributed by atoms with Gasteiger partial charge in [0, 0.05) is 32.1 Å². The number of nitrogens with zero attached hydrogens (tertiary/aromatic N) is 2. The van der Waals surface area contributed by atoms with E-state index in [-0.39, 0.29) is 107 Å². The largest absolute Gasteiger partial charge is 1.00 e. The Morgan fingerprint density at radius 2 is 0.561 bits per heavy atom. The predicted octanol–water partition coefficient (Wildman–Crippen LogP) is 8.86. The van der Waals surface area contributed by atoms with Crippen LogP contribution in [-0.4, -0.2) is 88.5 Å². The van der Waals surface area contributed by atoms with Gasteiger partial charge in [-0.25, -0.2) is 14.4 Å². The van der Waals surface area contributed by atoms with Crippen LogP contribution in [0.5, 0.6) is 0 Å². The van der Waals surface area contributed by atoms with Crippen LogP contribution in [0.15, 0.2) is 0 Å². The number of carbonyl (C=O) groups excluding carboxylic acids is 8. The maximum absolute atomic E-state index is 14.0. The monoisotopic (exact) mass is 1180 g/mol. The molecule has 0 saturated carbocycles. The van der Waals surface area contributed by atoms with Gasteiger partial charge in [0.15, 0.2) is 0 Å².